The van der Waals surface area contributed by atoms with Crippen molar-refractivity contribution < 1.29 is 18.7 Å². The molecule has 2 aromatic heterocycles. The van der Waals surface area contributed by atoms with Gasteiger partial charge in [0.15, 0.2) is 5.79 Å². The van der Waals surface area contributed by atoms with E-state index in [1.807, 2.05) is 19.1 Å². The second kappa shape index (κ2) is 6.42. The predicted octanol–water partition coefficient (Wildman–Crippen LogP) is 3.87. The average molecular weight is 344 g/mol. The van der Waals surface area contributed by atoms with Crippen molar-refractivity contribution in [1.29, 1.82) is 0 Å². The summed E-state index contributed by atoms with van der Waals surface area (Å²) >= 11 is 0. The van der Waals surface area contributed by atoms with Gasteiger partial charge in [-0.2, -0.15) is 0 Å². The minimum absolute atomic E-state index is 0.0272. The van der Waals surface area contributed by atoms with Crippen LogP contribution in [-0.2, 0) is 14.3 Å². The maximum atomic E-state index is 13.4. The van der Waals surface area contributed by atoms with Gasteiger partial charge in [-0.25, -0.2) is 4.98 Å². The van der Waals surface area contributed by atoms with Crippen molar-refractivity contribution in [3.8, 4) is 0 Å². The molecule has 1 amide bonds. The molecule has 4 rings (SSSR count). The van der Waals surface area contributed by atoms with Crippen LogP contribution in [0.25, 0.3) is 11.1 Å². The number of fused-ring (bicyclic) bond motifs is 1. The number of rotatable bonds is 4. The van der Waals surface area contributed by atoms with Gasteiger partial charge < -0.3 is 19.2 Å². The number of anilines is 1. The summed E-state index contributed by atoms with van der Waals surface area (Å²) in [6.07, 6.45) is 8.65. The van der Waals surface area contributed by atoms with Crippen molar-refractivity contribution in [3.63, 3.8) is 0 Å². The first kappa shape index (κ1) is 16.5. The van der Waals surface area contributed by atoms with E-state index in [4.69, 9.17) is 13.9 Å². The van der Waals surface area contributed by atoms with Crippen LogP contribution in [0.4, 0.5) is 5.69 Å². The molecule has 1 aliphatic heterocycles. The summed E-state index contributed by atoms with van der Waals surface area (Å²) in [6.45, 7) is 3.13. The van der Waals surface area contributed by atoms with Gasteiger partial charge in [-0.1, -0.05) is 26.2 Å². The van der Waals surface area contributed by atoms with Crippen LogP contribution in [0.3, 0.4) is 0 Å². The fraction of sp³-hybridized carbons (Fsp3) is 0.579. The third-order valence-electron chi connectivity index (χ3n) is 5.65. The molecule has 134 valence electrons. The Morgan fingerprint density at radius 1 is 1.24 bits per heavy atom. The Morgan fingerprint density at radius 3 is 2.72 bits per heavy atom. The zero-order valence-corrected chi connectivity index (χ0v) is 14.5. The van der Waals surface area contributed by atoms with Crippen LogP contribution in [-0.4, -0.2) is 29.9 Å². The van der Waals surface area contributed by atoms with Gasteiger partial charge in [0.25, 0.3) is 0 Å². The summed E-state index contributed by atoms with van der Waals surface area (Å²) in [5, 5.41) is 3.94. The van der Waals surface area contributed by atoms with Gasteiger partial charge >= 0.3 is 0 Å². The molecule has 1 aliphatic carbocycles. The van der Waals surface area contributed by atoms with Crippen molar-refractivity contribution in [3.05, 3.63) is 24.6 Å². The monoisotopic (exact) mass is 344 g/mol. The summed E-state index contributed by atoms with van der Waals surface area (Å²) in [5.74, 6) is -0.842. The zero-order valence-electron chi connectivity index (χ0n) is 14.5. The molecule has 0 unspecified atom stereocenters. The molecule has 6 nitrogen and oxygen atoms in total. The van der Waals surface area contributed by atoms with E-state index in [9.17, 15) is 4.79 Å². The van der Waals surface area contributed by atoms with Crippen molar-refractivity contribution >= 4 is 22.7 Å². The highest BCUT2D eigenvalue weighted by Crippen LogP contribution is 2.51. The average Bonchev–Trinajstić information content (AvgIpc) is 3.32. The maximum Gasteiger partial charge on any atom is 0.236 e. The third kappa shape index (κ3) is 2.64. The lowest BCUT2D eigenvalue weighted by molar-refractivity contribution is -0.241. The molecule has 1 saturated carbocycles. The Kier molecular flexibility index (Phi) is 4.25. The molecule has 0 bridgehead atoms. The van der Waals surface area contributed by atoms with E-state index in [1.165, 1.54) is 0 Å². The topological polar surface area (TPSA) is 73.6 Å². The van der Waals surface area contributed by atoms with Gasteiger partial charge in [0.05, 0.1) is 31.4 Å². The summed E-state index contributed by atoms with van der Waals surface area (Å²) in [7, 11) is 0. The van der Waals surface area contributed by atoms with Gasteiger partial charge in [0.1, 0.15) is 5.41 Å². The number of furan rings is 1. The number of hydrogen-bond acceptors (Lipinski definition) is 5. The van der Waals surface area contributed by atoms with Crippen LogP contribution in [0.15, 0.2) is 29.0 Å². The smallest absolute Gasteiger partial charge is 0.236 e. The lowest BCUT2D eigenvalue weighted by Crippen LogP contribution is -2.56. The first-order chi connectivity index (χ1) is 12.2. The van der Waals surface area contributed by atoms with E-state index in [0.29, 0.717) is 31.0 Å². The van der Waals surface area contributed by atoms with E-state index in [1.54, 1.807) is 12.5 Å². The number of carbonyl (C=O) groups excluding carboxylic acids is 1. The molecule has 0 aromatic carbocycles. The number of pyridine rings is 1. The second-order valence-corrected chi connectivity index (χ2v) is 6.94. The Hall–Kier alpha value is -1.92. The maximum absolute atomic E-state index is 13.4. The predicted molar refractivity (Wildman–Crippen MR) is 93.1 cm³/mol. The molecule has 0 radical (unpaired) electrons. The largest absolute Gasteiger partial charge is 0.446 e. The summed E-state index contributed by atoms with van der Waals surface area (Å²) in [5.41, 5.74) is 0.591. The number of amides is 1. The first-order valence-electron chi connectivity index (χ1n) is 9.12. The highest BCUT2D eigenvalue weighted by molar-refractivity contribution is 5.97. The number of nitrogens with zero attached hydrogens (tertiary/aromatic N) is 1. The number of ether oxygens (including phenoxy) is 2. The quantitative estimate of drug-likeness (QED) is 0.911. The van der Waals surface area contributed by atoms with Crippen LogP contribution < -0.4 is 5.32 Å². The van der Waals surface area contributed by atoms with Crippen LogP contribution in [0, 0.1) is 5.41 Å². The molecular formula is C19H24N2O4. The van der Waals surface area contributed by atoms with Crippen molar-refractivity contribution in [2.75, 3.05) is 18.5 Å². The molecule has 0 atom stereocenters. The van der Waals surface area contributed by atoms with Crippen molar-refractivity contribution in [2.45, 2.75) is 51.2 Å². The van der Waals surface area contributed by atoms with Crippen LogP contribution in [0.2, 0.25) is 0 Å². The number of nitrogens with one attached hydrogen (secondary N) is 1. The minimum Gasteiger partial charge on any atom is -0.446 e. The summed E-state index contributed by atoms with van der Waals surface area (Å²) in [6, 6.07) is 3.72. The summed E-state index contributed by atoms with van der Waals surface area (Å²) in [4.78, 5) is 17.6. The van der Waals surface area contributed by atoms with Crippen LogP contribution in [0.1, 0.15) is 45.4 Å². The molecule has 2 fully saturated rings. The Balaban J connectivity index is 1.65. The standard InChI is InChI=1S/C19H24N2O4/c1-2-19(24-10-11-25-19)18(7-4-3-5-8-18)17(22)21-15-12-14-6-9-23-16(14)20-13-15/h6,9,12-13H,2-5,7-8,10-11H2,1H3,(H,21,22). The zero-order chi connectivity index (χ0) is 17.3. The minimum atomic E-state index is -0.815. The number of carbonyl (C=O) groups is 1. The molecular weight excluding hydrogens is 320 g/mol. The van der Waals surface area contributed by atoms with E-state index >= 15 is 0 Å². The second-order valence-electron chi connectivity index (χ2n) is 6.94. The lowest BCUT2D eigenvalue weighted by atomic mass is 9.66. The van der Waals surface area contributed by atoms with E-state index in [0.717, 1.165) is 37.5 Å². The number of aromatic nitrogens is 1. The molecule has 3 heterocycles. The molecule has 25 heavy (non-hydrogen) atoms. The highest BCUT2D eigenvalue weighted by atomic mass is 16.7. The molecule has 1 N–H and O–H groups in total. The molecule has 2 aliphatic rings. The molecule has 1 saturated heterocycles. The van der Waals surface area contributed by atoms with E-state index in [2.05, 4.69) is 10.3 Å². The highest BCUT2D eigenvalue weighted by Gasteiger charge is 2.59. The normalized spacial score (nSPS) is 22.1. The SMILES string of the molecule is CCC1(C2(C(=O)Nc3cnc4occc4c3)CCCCC2)OCCO1. The Bertz CT molecular complexity index is 758. The van der Waals surface area contributed by atoms with Crippen LogP contribution >= 0.6 is 0 Å². The van der Waals surface area contributed by atoms with Crippen molar-refractivity contribution in [2.24, 2.45) is 5.41 Å². The first-order valence-corrected chi connectivity index (χ1v) is 9.12. The van der Waals surface area contributed by atoms with Gasteiger partial charge in [-0.3, -0.25) is 4.79 Å². The van der Waals surface area contributed by atoms with Crippen LogP contribution in [0.5, 0.6) is 0 Å². The Morgan fingerprint density at radius 2 is 2.00 bits per heavy atom. The molecule has 2 aromatic rings. The van der Waals surface area contributed by atoms with Gasteiger partial charge in [0.2, 0.25) is 11.6 Å². The van der Waals surface area contributed by atoms with Gasteiger partial charge in [-0.05, 0) is 31.4 Å². The van der Waals surface area contributed by atoms with E-state index < -0.39 is 11.2 Å². The fourth-order valence-corrected chi connectivity index (χ4v) is 4.39. The Labute approximate surface area is 146 Å². The molecule has 6 heteroatoms. The lowest BCUT2D eigenvalue weighted by Gasteiger charge is -2.47. The summed E-state index contributed by atoms with van der Waals surface area (Å²) < 4.78 is 17.3. The van der Waals surface area contributed by atoms with Crippen molar-refractivity contribution in [1.82, 2.24) is 4.98 Å². The van der Waals surface area contributed by atoms with Gasteiger partial charge in [0, 0.05) is 5.39 Å². The number of hydrogen-bond donors (Lipinski definition) is 1. The third-order valence-corrected chi connectivity index (χ3v) is 5.65. The van der Waals surface area contributed by atoms with E-state index in [-0.39, 0.29) is 5.91 Å². The van der Waals surface area contributed by atoms with Gasteiger partial charge in [-0.15, -0.1) is 0 Å². The fourth-order valence-electron chi connectivity index (χ4n) is 4.39. The molecule has 0 spiro atoms.